The van der Waals surface area contributed by atoms with Crippen molar-refractivity contribution >= 4 is 81.0 Å². The number of nitrogens with zero attached hydrogens (tertiary/aromatic N) is 1. The Hall–Kier alpha value is -3.11. The van der Waals surface area contributed by atoms with Crippen molar-refractivity contribution in [2.24, 2.45) is 0 Å². The van der Waals surface area contributed by atoms with E-state index >= 15 is 0 Å². The van der Waals surface area contributed by atoms with Crippen LogP contribution in [0.1, 0.15) is 23.0 Å². The Morgan fingerprint density at radius 1 is 1.06 bits per heavy atom. The number of amides is 3. The first-order chi connectivity index (χ1) is 16.2. The summed E-state index contributed by atoms with van der Waals surface area (Å²) in [5.74, 6) is 0.498. The number of thiocarbonyl (C=S) groups is 1. The zero-order valence-electron chi connectivity index (χ0n) is 17.4. The summed E-state index contributed by atoms with van der Waals surface area (Å²) in [6, 6.07) is 14.4. The second kappa shape index (κ2) is 10.0. The molecule has 1 aromatic heterocycles. The summed E-state index contributed by atoms with van der Waals surface area (Å²) in [5, 5.41) is 4.16. The van der Waals surface area contributed by atoms with Crippen LogP contribution in [0.3, 0.4) is 0 Å². The van der Waals surface area contributed by atoms with Crippen molar-refractivity contribution in [3.63, 3.8) is 0 Å². The summed E-state index contributed by atoms with van der Waals surface area (Å²) in [6.07, 6.45) is 1.55. The zero-order chi connectivity index (χ0) is 24.4. The number of benzene rings is 2. The van der Waals surface area contributed by atoms with Crippen molar-refractivity contribution in [1.82, 2.24) is 10.4 Å². The molecular weight excluding hydrogens is 517 g/mol. The Bertz CT molecular complexity index is 1350. The lowest BCUT2D eigenvalue weighted by molar-refractivity contribution is -0.123. The van der Waals surface area contributed by atoms with E-state index < -0.39 is 11.9 Å². The van der Waals surface area contributed by atoms with Crippen LogP contribution in [0.2, 0.25) is 10.0 Å². The minimum Gasteiger partial charge on any atom is -0.457 e. The minimum absolute atomic E-state index is 0.0204. The molecule has 3 amide bonds. The first kappa shape index (κ1) is 24.0. The number of halogens is 2. The molecule has 2 aromatic carbocycles. The van der Waals surface area contributed by atoms with Crippen LogP contribution in [0.4, 0.5) is 10.5 Å². The predicted octanol–water partition coefficient (Wildman–Crippen LogP) is 6.39. The molecule has 0 aliphatic carbocycles. The second-order valence-electron chi connectivity index (χ2n) is 7.05. The van der Waals surface area contributed by atoms with Gasteiger partial charge in [-0.25, -0.2) is 10.2 Å². The van der Waals surface area contributed by atoms with Crippen LogP contribution in [0.15, 0.2) is 63.9 Å². The van der Waals surface area contributed by atoms with Gasteiger partial charge in [0.15, 0.2) is 10.1 Å². The fourth-order valence-electron chi connectivity index (χ4n) is 2.98. The maximum absolute atomic E-state index is 12.8. The minimum atomic E-state index is -0.676. The van der Waals surface area contributed by atoms with Crippen LogP contribution in [-0.2, 0) is 4.79 Å². The third kappa shape index (κ3) is 5.34. The average molecular weight is 532 g/mol. The molecular formula is C23H15Cl2N3O4S2. The maximum Gasteiger partial charge on any atom is 0.338 e. The lowest BCUT2D eigenvalue weighted by atomic mass is 10.1. The monoisotopic (exact) mass is 531 g/mol. The number of carbonyl (C=O) groups excluding carboxylic acids is 3. The van der Waals surface area contributed by atoms with Gasteiger partial charge in [0.1, 0.15) is 11.5 Å². The Labute approximate surface area is 214 Å². The van der Waals surface area contributed by atoms with E-state index in [-0.39, 0.29) is 20.0 Å². The number of anilines is 1. The van der Waals surface area contributed by atoms with Crippen molar-refractivity contribution in [1.29, 1.82) is 0 Å². The third-order valence-corrected chi connectivity index (χ3v) is 6.70. The van der Waals surface area contributed by atoms with Crippen molar-refractivity contribution < 1.29 is 18.8 Å². The van der Waals surface area contributed by atoms with Gasteiger partial charge in [0.2, 0.25) is 0 Å². The first-order valence-electron chi connectivity index (χ1n) is 9.73. The average Bonchev–Trinajstić information content (AvgIpc) is 3.37. The van der Waals surface area contributed by atoms with Gasteiger partial charge < -0.3 is 9.73 Å². The summed E-state index contributed by atoms with van der Waals surface area (Å²) in [6.45, 7) is 1.50. The molecule has 0 unspecified atom stereocenters. The highest BCUT2D eigenvalue weighted by Crippen LogP contribution is 2.33. The molecule has 0 saturated carbocycles. The summed E-state index contributed by atoms with van der Waals surface area (Å²) in [5.41, 5.74) is 4.21. The van der Waals surface area contributed by atoms with Crippen molar-refractivity contribution in [3.8, 4) is 11.3 Å². The number of ketones is 1. The van der Waals surface area contributed by atoms with E-state index in [0.717, 1.165) is 22.3 Å². The lowest BCUT2D eigenvalue weighted by Crippen LogP contribution is -2.46. The molecule has 1 aliphatic rings. The maximum atomic E-state index is 12.8. The number of hydrogen-bond acceptors (Lipinski definition) is 6. The van der Waals surface area contributed by atoms with Gasteiger partial charge in [-0.15, -0.1) is 0 Å². The Kier molecular flexibility index (Phi) is 7.08. The number of hydrogen-bond donors (Lipinski definition) is 2. The smallest absolute Gasteiger partial charge is 0.338 e. The van der Waals surface area contributed by atoms with Crippen molar-refractivity contribution in [2.75, 3.05) is 5.32 Å². The molecule has 0 spiro atoms. The second-order valence-corrected chi connectivity index (χ2v) is 9.54. The topological polar surface area (TPSA) is 91.7 Å². The van der Waals surface area contributed by atoms with Crippen LogP contribution in [0.25, 0.3) is 17.4 Å². The van der Waals surface area contributed by atoms with Gasteiger partial charge in [0.25, 0.3) is 5.91 Å². The van der Waals surface area contributed by atoms with Gasteiger partial charge in [-0.2, -0.15) is 5.01 Å². The van der Waals surface area contributed by atoms with Crippen LogP contribution in [0, 0.1) is 0 Å². The molecule has 34 heavy (non-hydrogen) atoms. The molecule has 0 radical (unpaired) electrons. The predicted molar refractivity (Wildman–Crippen MR) is 138 cm³/mol. The largest absolute Gasteiger partial charge is 0.457 e. The number of hydrazine groups is 1. The van der Waals surface area contributed by atoms with Crippen LogP contribution >= 0.6 is 47.2 Å². The van der Waals surface area contributed by atoms with Gasteiger partial charge in [0, 0.05) is 22.9 Å². The summed E-state index contributed by atoms with van der Waals surface area (Å²) < 4.78 is 5.98. The molecule has 172 valence electrons. The molecule has 7 nitrogen and oxygen atoms in total. The molecule has 11 heteroatoms. The van der Waals surface area contributed by atoms with Gasteiger partial charge in [-0.3, -0.25) is 9.59 Å². The summed E-state index contributed by atoms with van der Waals surface area (Å²) in [4.78, 5) is 36.8. The molecule has 0 atom stereocenters. The molecule has 1 saturated heterocycles. The van der Waals surface area contributed by atoms with Gasteiger partial charge in [-0.1, -0.05) is 59.2 Å². The van der Waals surface area contributed by atoms with Gasteiger partial charge in [0.05, 0.1) is 15.0 Å². The Morgan fingerprint density at radius 3 is 2.47 bits per heavy atom. The SMILES string of the molecule is CC(=O)c1ccc(-c2ccc(/C=C3/SC(=S)N(NC(=O)Nc4ccc(Cl)c(Cl)c4)C3=O)o2)cc1. The number of nitrogens with one attached hydrogen (secondary N) is 2. The molecule has 0 bridgehead atoms. The van der Waals surface area contributed by atoms with Crippen molar-refractivity contribution in [2.45, 2.75) is 6.92 Å². The van der Waals surface area contributed by atoms with Crippen LogP contribution in [0.5, 0.6) is 0 Å². The Morgan fingerprint density at radius 2 is 1.79 bits per heavy atom. The molecule has 1 fully saturated rings. The van der Waals surface area contributed by atoms with E-state index in [9.17, 15) is 14.4 Å². The normalized spacial score (nSPS) is 14.6. The van der Waals surface area contributed by atoms with E-state index in [1.807, 2.05) is 0 Å². The number of Topliss-reactive ketones (excluding diaryl/α,β-unsaturated/α-hetero) is 1. The number of urea groups is 1. The number of rotatable bonds is 5. The standard InChI is InChI=1S/C23H15Cl2N3O4S2/c1-12(29)13-2-4-14(5-3-13)19-9-7-16(32-19)11-20-21(30)28(23(33)34-20)27-22(31)26-15-6-8-17(24)18(25)10-15/h2-11H,1H3,(H2,26,27,31)/b20-11+. The van der Waals surface area contributed by atoms with Crippen LogP contribution < -0.4 is 10.7 Å². The first-order valence-corrected chi connectivity index (χ1v) is 11.7. The van der Waals surface area contributed by atoms with Crippen LogP contribution in [-0.4, -0.2) is 27.1 Å². The highest BCUT2D eigenvalue weighted by Gasteiger charge is 2.34. The fourth-order valence-corrected chi connectivity index (χ4v) is 4.44. The number of carbonyl (C=O) groups is 3. The van der Waals surface area contributed by atoms with Gasteiger partial charge >= 0.3 is 6.03 Å². The zero-order valence-corrected chi connectivity index (χ0v) is 20.6. The van der Waals surface area contributed by atoms with Gasteiger partial charge in [-0.05, 0) is 49.5 Å². The van der Waals surface area contributed by atoms with E-state index in [0.29, 0.717) is 27.8 Å². The molecule has 4 rings (SSSR count). The molecule has 2 heterocycles. The van der Waals surface area contributed by atoms with E-state index in [1.54, 1.807) is 48.5 Å². The van der Waals surface area contributed by atoms with Crippen molar-refractivity contribution in [3.05, 3.63) is 80.9 Å². The fraction of sp³-hybridized carbons (Fsp3) is 0.0435. The van der Waals surface area contributed by atoms with E-state index in [1.165, 1.54) is 19.1 Å². The molecule has 1 aliphatic heterocycles. The number of thioether (sulfide) groups is 1. The molecule has 3 aromatic rings. The van der Waals surface area contributed by atoms with E-state index in [4.69, 9.17) is 39.8 Å². The third-order valence-electron chi connectivity index (χ3n) is 4.66. The summed E-state index contributed by atoms with van der Waals surface area (Å²) in [7, 11) is 0. The highest BCUT2D eigenvalue weighted by atomic mass is 35.5. The molecule has 2 N–H and O–H groups in total. The lowest BCUT2D eigenvalue weighted by Gasteiger charge is -2.16. The highest BCUT2D eigenvalue weighted by molar-refractivity contribution is 8.26. The quantitative estimate of drug-likeness (QED) is 0.225. The number of furan rings is 1. The Balaban J connectivity index is 1.44. The summed E-state index contributed by atoms with van der Waals surface area (Å²) >= 11 is 18.1. The van der Waals surface area contributed by atoms with E-state index in [2.05, 4.69) is 10.7 Å².